The second-order valence-electron chi connectivity index (χ2n) is 4.66. The summed E-state index contributed by atoms with van der Waals surface area (Å²) < 4.78 is 37.7. The van der Waals surface area contributed by atoms with Crippen molar-refractivity contribution in [3.05, 3.63) is 48.5 Å². The fourth-order valence-electron chi connectivity index (χ4n) is 1.84. The van der Waals surface area contributed by atoms with Crippen LogP contribution in [0.15, 0.2) is 53.4 Å². The van der Waals surface area contributed by atoms with Crippen LogP contribution < -0.4 is 14.2 Å². The number of hydrogen-bond acceptors (Lipinski definition) is 4. The van der Waals surface area contributed by atoms with E-state index >= 15 is 0 Å². The lowest BCUT2D eigenvalue weighted by atomic mass is 10.3. The van der Waals surface area contributed by atoms with E-state index in [4.69, 9.17) is 9.47 Å². The van der Waals surface area contributed by atoms with Gasteiger partial charge in [-0.2, -0.15) is 0 Å². The van der Waals surface area contributed by atoms with Gasteiger partial charge in [0, 0.05) is 6.07 Å². The number of rotatable bonds is 7. The lowest BCUT2D eigenvalue weighted by Gasteiger charge is -2.10. The first-order chi connectivity index (χ1) is 10.5. The summed E-state index contributed by atoms with van der Waals surface area (Å²) in [6, 6.07) is 13.1. The zero-order valence-electron chi connectivity index (χ0n) is 12.6. The van der Waals surface area contributed by atoms with Gasteiger partial charge in [0.05, 0.1) is 24.3 Å². The van der Waals surface area contributed by atoms with Crippen LogP contribution in [0.5, 0.6) is 11.5 Å². The average molecular weight is 321 g/mol. The highest BCUT2D eigenvalue weighted by Gasteiger charge is 2.14. The molecule has 0 aliphatic carbocycles. The van der Waals surface area contributed by atoms with E-state index in [2.05, 4.69) is 4.72 Å². The zero-order chi connectivity index (χ0) is 16.0. The fourth-order valence-corrected chi connectivity index (χ4v) is 2.89. The van der Waals surface area contributed by atoms with E-state index in [1.807, 2.05) is 6.92 Å². The molecule has 0 unspecified atom stereocenters. The van der Waals surface area contributed by atoms with Gasteiger partial charge in [0.2, 0.25) is 0 Å². The van der Waals surface area contributed by atoms with Crippen molar-refractivity contribution in [3.8, 4) is 11.5 Å². The molecule has 5 nitrogen and oxygen atoms in total. The average Bonchev–Trinajstić information content (AvgIpc) is 2.53. The van der Waals surface area contributed by atoms with Crippen LogP contribution >= 0.6 is 0 Å². The molecule has 2 rings (SSSR count). The van der Waals surface area contributed by atoms with Crippen molar-refractivity contribution < 1.29 is 17.9 Å². The van der Waals surface area contributed by atoms with E-state index in [1.54, 1.807) is 36.4 Å². The molecule has 0 saturated heterocycles. The summed E-state index contributed by atoms with van der Waals surface area (Å²) >= 11 is 0. The smallest absolute Gasteiger partial charge is 0.261 e. The first kappa shape index (κ1) is 16.2. The highest BCUT2D eigenvalue weighted by molar-refractivity contribution is 7.92. The summed E-state index contributed by atoms with van der Waals surface area (Å²) in [7, 11) is -2.11. The second kappa shape index (κ2) is 7.17. The number of anilines is 1. The normalized spacial score (nSPS) is 11.0. The Balaban J connectivity index is 2.15. The SMILES string of the molecule is CCCOc1ccc(S(=O)(=O)Nc2cccc(OC)c2)cc1. The third kappa shape index (κ3) is 4.14. The van der Waals surface area contributed by atoms with E-state index in [1.165, 1.54) is 19.2 Å². The van der Waals surface area contributed by atoms with Gasteiger partial charge < -0.3 is 9.47 Å². The molecule has 0 aromatic heterocycles. The number of benzene rings is 2. The number of methoxy groups -OCH3 is 1. The van der Waals surface area contributed by atoms with Crippen LogP contribution in [0.4, 0.5) is 5.69 Å². The molecule has 0 aliphatic rings. The Labute approximate surface area is 130 Å². The summed E-state index contributed by atoms with van der Waals surface area (Å²) in [5, 5.41) is 0. The lowest BCUT2D eigenvalue weighted by Crippen LogP contribution is -2.12. The third-order valence-corrected chi connectivity index (χ3v) is 4.33. The molecule has 0 aliphatic heterocycles. The van der Waals surface area contributed by atoms with Crippen molar-refractivity contribution in [2.24, 2.45) is 0 Å². The van der Waals surface area contributed by atoms with Crippen molar-refractivity contribution in [2.45, 2.75) is 18.2 Å². The molecule has 0 saturated carbocycles. The molecule has 0 atom stereocenters. The van der Waals surface area contributed by atoms with Crippen molar-refractivity contribution in [1.29, 1.82) is 0 Å². The van der Waals surface area contributed by atoms with Crippen LogP contribution in [0, 0.1) is 0 Å². The molecule has 22 heavy (non-hydrogen) atoms. The maximum Gasteiger partial charge on any atom is 0.261 e. The largest absolute Gasteiger partial charge is 0.497 e. The Hall–Kier alpha value is -2.21. The number of hydrogen-bond donors (Lipinski definition) is 1. The van der Waals surface area contributed by atoms with Gasteiger partial charge in [-0.3, -0.25) is 4.72 Å². The maximum absolute atomic E-state index is 12.3. The van der Waals surface area contributed by atoms with Crippen molar-refractivity contribution in [1.82, 2.24) is 0 Å². The van der Waals surface area contributed by atoms with Gasteiger partial charge in [0.1, 0.15) is 11.5 Å². The molecule has 6 heteroatoms. The predicted molar refractivity (Wildman–Crippen MR) is 86.0 cm³/mol. The maximum atomic E-state index is 12.3. The van der Waals surface area contributed by atoms with Gasteiger partial charge in [-0.05, 0) is 42.8 Å². The van der Waals surface area contributed by atoms with Gasteiger partial charge in [-0.15, -0.1) is 0 Å². The van der Waals surface area contributed by atoms with Gasteiger partial charge in [0.25, 0.3) is 10.0 Å². The van der Waals surface area contributed by atoms with E-state index in [0.29, 0.717) is 23.8 Å². The topological polar surface area (TPSA) is 64.6 Å². The van der Waals surface area contributed by atoms with E-state index in [9.17, 15) is 8.42 Å². The minimum Gasteiger partial charge on any atom is -0.497 e. The Bertz CT molecular complexity index is 711. The Morgan fingerprint density at radius 1 is 1.05 bits per heavy atom. The summed E-state index contributed by atoms with van der Waals surface area (Å²) in [6.07, 6.45) is 0.900. The van der Waals surface area contributed by atoms with Crippen molar-refractivity contribution >= 4 is 15.7 Å². The first-order valence-electron chi connectivity index (χ1n) is 6.95. The molecule has 2 aromatic rings. The molecule has 2 aromatic carbocycles. The van der Waals surface area contributed by atoms with Crippen LogP contribution in [0.3, 0.4) is 0 Å². The highest BCUT2D eigenvalue weighted by atomic mass is 32.2. The molecule has 0 fully saturated rings. The summed E-state index contributed by atoms with van der Waals surface area (Å²) in [5.41, 5.74) is 0.450. The Morgan fingerprint density at radius 3 is 2.41 bits per heavy atom. The first-order valence-corrected chi connectivity index (χ1v) is 8.43. The zero-order valence-corrected chi connectivity index (χ0v) is 13.4. The highest BCUT2D eigenvalue weighted by Crippen LogP contribution is 2.22. The Kier molecular flexibility index (Phi) is 5.27. The third-order valence-electron chi connectivity index (χ3n) is 2.93. The molecule has 1 N–H and O–H groups in total. The fraction of sp³-hybridized carbons (Fsp3) is 0.250. The standard InChI is InChI=1S/C16H19NO4S/c1-3-11-21-14-7-9-16(10-8-14)22(18,19)17-13-5-4-6-15(12-13)20-2/h4-10,12,17H,3,11H2,1-2H3. The van der Waals surface area contributed by atoms with Crippen LogP contribution in [0.1, 0.15) is 13.3 Å². The van der Waals surface area contributed by atoms with Crippen LogP contribution in [0.2, 0.25) is 0 Å². The molecule has 118 valence electrons. The monoisotopic (exact) mass is 321 g/mol. The van der Waals surface area contributed by atoms with Crippen LogP contribution in [-0.2, 0) is 10.0 Å². The molecule has 0 spiro atoms. The van der Waals surface area contributed by atoms with Crippen LogP contribution in [0.25, 0.3) is 0 Å². The lowest BCUT2D eigenvalue weighted by molar-refractivity contribution is 0.317. The minimum absolute atomic E-state index is 0.180. The van der Waals surface area contributed by atoms with Crippen molar-refractivity contribution in [3.63, 3.8) is 0 Å². The number of sulfonamides is 1. The second-order valence-corrected chi connectivity index (χ2v) is 6.34. The summed E-state index contributed by atoms with van der Waals surface area (Å²) in [6.45, 7) is 2.62. The van der Waals surface area contributed by atoms with Gasteiger partial charge >= 0.3 is 0 Å². The molecule has 0 radical (unpaired) electrons. The minimum atomic E-state index is -3.64. The van der Waals surface area contributed by atoms with Crippen molar-refractivity contribution in [2.75, 3.05) is 18.4 Å². The van der Waals surface area contributed by atoms with E-state index in [0.717, 1.165) is 6.42 Å². The van der Waals surface area contributed by atoms with Gasteiger partial charge in [0.15, 0.2) is 0 Å². The van der Waals surface area contributed by atoms with E-state index in [-0.39, 0.29) is 4.90 Å². The van der Waals surface area contributed by atoms with Gasteiger partial charge in [-0.25, -0.2) is 8.42 Å². The number of ether oxygens (including phenoxy) is 2. The molecule has 0 bridgehead atoms. The quantitative estimate of drug-likeness (QED) is 0.850. The molecule has 0 heterocycles. The van der Waals surface area contributed by atoms with Crippen LogP contribution in [-0.4, -0.2) is 22.1 Å². The van der Waals surface area contributed by atoms with E-state index < -0.39 is 10.0 Å². The number of nitrogens with one attached hydrogen (secondary N) is 1. The Morgan fingerprint density at radius 2 is 1.77 bits per heavy atom. The summed E-state index contributed by atoms with van der Waals surface area (Å²) in [5.74, 6) is 1.24. The molecular weight excluding hydrogens is 302 g/mol. The molecular formula is C16H19NO4S. The predicted octanol–water partition coefficient (Wildman–Crippen LogP) is 3.28. The summed E-state index contributed by atoms with van der Waals surface area (Å²) in [4.78, 5) is 0.180. The molecule has 0 amide bonds. The van der Waals surface area contributed by atoms with Gasteiger partial charge in [-0.1, -0.05) is 13.0 Å².